The Balaban J connectivity index is 2.12. The van der Waals surface area contributed by atoms with Gasteiger partial charge in [-0.2, -0.15) is 0 Å². The van der Waals surface area contributed by atoms with Crippen molar-refractivity contribution in [3.05, 3.63) is 50.1 Å². The van der Waals surface area contributed by atoms with E-state index in [-0.39, 0.29) is 21.4 Å². The summed E-state index contributed by atoms with van der Waals surface area (Å²) in [6.45, 7) is 0.363. The smallest absolute Gasteiger partial charge is 0.339 e. The van der Waals surface area contributed by atoms with Crippen LogP contribution in [0.2, 0.25) is 10.0 Å². The van der Waals surface area contributed by atoms with Crippen LogP contribution >= 0.6 is 34.5 Å². The van der Waals surface area contributed by atoms with Gasteiger partial charge in [-0.1, -0.05) is 29.3 Å². The number of hydrogen-bond acceptors (Lipinski definition) is 3. The zero-order valence-electron chi connectivity index (χ0n) is 9.73. The number of benzene rings is 1. The maximum Gasteiger partial charge on any atom is 0.339 e. The van der Waals surface area contributed by atoms with Crippen LogP contribution in [-0.4, -0.2) is 17.7 Å². The van der Waals surface area contributed by atoms with Gasteiger partial charge in [-0.25, -0.2) is 4.79 Å². The molecule has 0 saturated heterocycles. The van der Waals surface area contributed by atoms with Gasteiger partial charge in [0.25, 0.3) is 0 Å². The third kappa shape index (κ3) is 3.62. The Morgan fingerprint density at radius 3 is 2.79 bits per heavy atom. The quantitative estimate of drug-likeness (QED) is 0.890. The van der Waals surface area contributed by atoms with Crippen LogP contribution in [-0.2, 0) is 6.42 Å². The molecule has 6 heteroatoms. The van der Waals surface area contributed by atoms with Crippen molar-refractivity contribution in [3.8, 4) is 5.75 Å². The van der Waals surface area contributed by atoms with Gasteiger partial charge in [-0.3, -0.25) is 0 Å². The third-order valence-corrected chi connectivity index (χ3v) is 3.85. The second-order valence-electron chi connectivity index (χ2n) is 3.75. The van der Waals surface area contributed by atoms with Gasteiger partial charge in [0.1, 0.15) is 5.56 Å². The van der Waals surface area contributed by atoms with Crippen molar-refractivity contribution < 1.29 is 14.6 Å². The highest BCUT2D eigenvalue weighted by molar-refractivity contribution is 7.09. The fraction of sp³-hybridized carbons (Fsp3) is 0.154. The van der Waals surface area contributed by atoms with E-state index in [1.807, 2.05) is 17.5 Å². The van der Waals surface area contributed by atoms with Crippen molar-refractivity contribution in [2.75, 3.05) is 6.61 Å². The largest absolute Gasteiger partial charge is 0.491 e. The topological polar surface area (TPSA) is 46.5 Å². The minimum atomic E-state index is -1.12. The van der Waals surface area contributed by atoms with Crippen LogP contribution in [0.4, 0.5) is 0 Å². The molecule has 0 aliphatic rings. The third-order valence-electron chi connectivity index (χ3n) is 2.41. The Hall–Kier alpha value is -1.23. The second kappa shape index (κ2) is 6.28. The first-order chi connectivity index (χ1) is 9.08. The van der Waals surface area contributed by atoms with Gasteiger partial charge >= 0.3 is 5.97 Å². The fourth-order valence-corrected chi connectivity index (χ4v) is 2.81. The Labute approximate surface area is 124 Å². The summed E-state index contributed by atoms with van der Waals surface area (Å²) in [6, 6.07) is 6.75. The highest BCUT2D eigenvalue weighted by atomic mass is 35.5. The lowest BCUT2D eigenvalue weighted by molar-refractivity contribution is 0.0692. The summed E-state index contributed by atoms with van der Waals surface area (Å²) in [4.78, 5) is 12.3. The standard InChI is InChI=1S/C13H10Cl2O3S/c14-8-6-10(13(16)17)12(11(15)7-8)18-4-3-9-2-1-5-19-9/h1-2,5-7H,3-4H2,(H,16,17). The number of carbonyl (C=O) groups is 1. The van der Waals surface area contributed by atoms with Gasteiger partial charge in [0.15, 0.2) is 5.75 Å². The molecule has 3 nitrogen and oxygen atoms in total. The molecular formula is C13H10Cl2O3S. The van der Waals surface area contributed by atoms with E-state index in [1.54, 1.807) is 11.3 Å². The highest BCUT2D eigenvalue weighted by Gasteiger charge is 2.16. The van der Waals surface area contributed by atoms with Crippen molar-refractivity contribution in [1.82, 2.24) is 0 Å². The summed E-state index contributed by atoms with van der Waals surface area (Å²) in [5.74, 6) is -0.953. The monoisotopic (exact) mass is 316 g/mol. The molecule has 0 unspecified atom stereocenters. The number of hydrogen-bond donors (Lipinski definition) is 1. The minimum absolute atomic E-state index is 0.0244. The fourth-order valence-electron chi connectivity index (χ4n) is 1.57. The number of aromatic carboxylic acids is 1. The molecule has 19 heavy (non-hydrogen) atoms. The predicted octanol–water partition coefficient (Wildman–Crippen LogP) is 4.37. The first-order valence-electron chi connectivity index (χ1n) is 5.45. The lowest BCUT2D eigenvalue weighted by atomic mass is 10.2. The van der Waals surface area contributed by atoms with Gasteiger partial charge in [-0.05, 0) is 23.6 Å². The molecule has 0 radical (unpaired) electrons. The van der Waals surface area contributed by atoms with Gasteiger partial charge in [0.05, 0.1) is 11.6 Å². The van der Waals surface area contributed by atoms with Crippen molar-refractivity contribution >= 4 is 40.5 Å². The lowest BCUT2D eigenvalue weighted by Gasteiger charge is -2.11. The van der Waals surface area contributed by atoms with Gasteiger partial charge < -0.3 is 9.84 Å². The first kappa shape index (κ1) is 14.2. The summed E-state index contributed by atoms with van der Waals surface area (Å²) in [7, 11) is 0. The van der Waals surface area contributed by atoms with E-state index in [2.05, 4.69) is 0 Å². The van der Waals surface area contributed by atoms with Crippen molar-refractivity contribution in [2.24, 2.45) is 0 Å². The molecule has 2 rings (SSSR count). The Morgan fingerprint density at radius 1 is 1.37 bits per heavy atom. The molecule has 0 aliphatic carbocycles. The lowest BCUT2D eigenvalue weighted by Crippen LogP contribution is -2.06. The Morgan fingerprint density at radius 2 is 2.16 bits per heavy atom. The first-order valence-corrected chi connectivity index (χ1v) is 7.09. The highest BCUT2D eigenvalue weighted by Crippen LogP contribution is 2.32. The van der Waals surface area contributed by atoms with E-state index in [9.17, 15) is 4.79 Å². The molecule has 0 atom stereocenters. The molecule has 0 spiro atoms. The van der Waals surface area contributed by atoms with E-state index >= 15 is 0 Å². The van der Waals surface area contributed by atoms with E-state index in [0.29, 0.717) is 13.0 Å². The molecule has 0 fully saturated rings. The van der Waals surface area contributed by atoms with Gasteiger partial charge in [0, 0.05) is 16.3 Å². The van der Waals surface area contributed by atoms with Crippen LogP contribution in [0.15, 0.2) is 29.6 Å². The molecule has 0 amide bonds. The van der Waals surface area contributed by atoms with Crippen LogP contribution < -0.4 is 4.74 Å². The van der Waals surface area contributed by atoms with Crippen LogP contribution in [0.5, 0.6) is 5.75 Å². The van der Waals surface area contributed by atoms with Crippen LogP contribution in [0, 0.1) is 0 Å². The van der Waals surface area contributed by atoms with E-state index in [4.69, 9.17) is 33.0 Å². The van der Waals surface area contributed by atoms with E-state index < -0.39 is 5.97 Å². The number of rotatable bonds is 5. The number of carboxylic acids is 1. The second-order valence-corrected chi connectivity index (χ2v) is 5.62. The van der Waals surface area contributed by atoms with Crippen molar-refractivity contribution in [2.45, 2.75) is 6.42 Å². The van der Waals surface area contributed by atoms with Crippen LogP contribution in [0.25, 0.3) is 0 Å². The molecule has 0 aliphatic heterocycles. The number of carboxylic acid groups (broad SMARTS) is 1. The Kier molecular flexibility index (Phi) is 4.69. The molecule has 2 aromatic rings. The average Bonchev–Trinajstić information content (AvgIpc) is 2.84. The molecule has 100 valence electrons. The van der Waals surface area contributed by atoms with E-state index in [1.165, 1.54) is 17.0 Å². The normalized spacial score (nSPS) is 10.4. The van der Waals surface area contributed by atoms with Crippen LogP contribution in [0.3, 0.4) is 0 Å². The molecule has 1 aromatic heterocycles. The zero-order valence-corrected chi connectivity index (χ0v) is 12.1. The molecule has 1 N–H and O–H groups in total. The molecule has 1 aromatic carbocycles. The molecule has 1 heterocycles. The minimum Gasteiger partial charge on any atom is -0.491 e. The number of halogens is 2. The van der Waals surface area contributed by atoms with Gasteiger partial charge in [-0.15, -0.1) is 11.3 Å². The Bertz CT molecular complexity index is 582. The molecule has 0 saturated carbocycles. The maximum atomic E-state index is 11.1. The van der Waals surface area contributed by atoms with Crippen molar-refractivity contribution in [3.63, 3.8) is 0 Å². The molecular weight excluding hydrogens is 307 g/mol. The number of thiophene rings is 1. The summed E-state index contributed by atoms with van der Waals surface area (Å²) in [5.41, 5.74) is -0.0244. The SMILES string of the molecule is O=C(O)c1cc(Cl)cc(Cl)c1OCCc1cccs1. The maximum absolute atomic E-state index is 11.1. The van der Waals surface area contributed by atoms with Crippen molar-refractivity contribution in [1.29, 1.82) is 0 Å². The summed E-state index contributed by atoms with van der Waals surface area (Å²) in [5, 5.41) is 11.6. The van der Waals surface area contributed by atoms with Gasteiger partial charge in [0.2, 0.25) is 0 Å². The zero-order chi connectivity index (χ0) is 13.8. The summed E-state index contributed by atoms with van der Waals surface area (Å²) in [6.07, 6.45) is 0.704. The molecule has 0 bridgehead atoms. The van der Waals surface area contributed by atoms with Crippen LogP contribution in [0.1, 0.15) is 15.2 Å². The average molecular weight is 317 g/mol. The van der Waals surface area contributed by atoms with E-state index in [0.717, 1.165) is 0 Å². The summed E-state index contributed by atoms with van der Waals surface area (Å²) >= 11 is 13.4. The predicted molar refractivity (Wildman–Crippen MR) is 76.9 cm³/mol. The summed E-state index contributed by atoms with van der Waals surface area (Å²) < 4.78 is 5.49. The number of ether oxygens (including phenoxy) is 1.